The summed E-state index contributed by atoms with van der Waals surface area (Å²) in [6.45, 7) is 15.5. The summed E-state index contributed by atoms with van der Waals surface area (Å²) in [5.41, 5.74) is 0.520. The molecule has 2 N–H and O–H groups in total. The molecule has 0 aromatic rings. The summed E-state index contributed by atoms with van der Waals surface area (Å²) >= 11 is 0. The van der Waals surface area contributed by atoms with E-state index < -0.39 is 0 Å². The zero-order chi connectivity index (χ0) is 26.9. The lowest BCUT2D eigenvalue weighted by atomic mass is 9.37. The summed E-state index contributed by atoms with van der Waals surface area (Å²) in [7, 11) is 0. The normalized spacial score (nSPS) is 49.4. The van der Waals surface area contributed by atoms with E-state index in [-0.39, 0.29) is 17.1 Å². The molecule has 4 heteroatoms. The molecule has 4 nitrogen and oxygen atoms in total. The van der Waals surface area contributed by atoms with Crippen molar-refractivity contribution < 1.29 is 9.90 Å². The number of piperidine rings is 1. The van der Waals surface area contributed by atoms with E-state index in [1.165, 1.54) is 83.7 Å². The molecular weight excluding hydrogens is 468 g/mol. The van der Waals surface area contributed by atoms with Crippen molar-refractivity contribution in [1.82, 2.24) is 10.2 Å². The van der Waals surface area contributed by atoms with E-state index in [0.717, 1.165) is 43.6 Å². The fraction of sp³-hybridized carbons (Fsp3) is 0.971. The van der Waals surface area contributed by atoms with Crippen LogP contribution in [0.4, 0.5) is 0 Å². The van der Waals surface area contributed by atoms with Gasteiger partial charge in [-0.2, -0.15) is 0 Å². The SMILES string of the molecule is CC1C(O)CCC2(C)C1CCC1(C)C3CCC4(C(=O)NC(C)(C)CN5CCCCC5)CCCC4C3CCC21. The molecule has 1 saturated heterocycles. The second-order valence-electron chi connectivity index (χ2n) is 16.4. The molecule has 1 amide bonds. The minimum Gasteiger partial charge on any atom is -0.393 e. The number of nitrogens with zero attached hydrogens (tertiary/aromatic N) is 1. The van der Waals surface area contributed by atoms with Gasteiger partial charge in [0, 0.05) is 12.1 Å². The van der Waals surface area contributed by atoms with E-state index in [2.05, 4.69) is 44.8 Å². The topological polar surface area (TPSA) is 52.6 Å². The van der Waals surface area contributed by atoms with Crippen LogP contribution in [0.3, 0.4) is 0 Å². The van der Waals surface area contributed by atoms with Gasteiger partial charge in [-0.1, -0.05) is 33.6 Å². The first-order chi connectivity index (χ1) is 18.0. The van der Waals surface area contributed by atoms with Gasteiger partial charge in [-0.15, -0.1) is 0 Å². The van der Waals surface area contributed by atoms with Crippen LogP contribution in [-0.2, 0) is 4.79 Å². The lowest BCUT2D eigenvalue weighted by Crippen LogP contribution is -2.63. The number of aliphatic hydroxyl groups is 1. The zero-order valence-electron chi connectivity index (χ0n) is 25.4. The molecule has 0 aromatic heterocycles. The van der Waals surface area contributed by atoms with Crippen LogP contribution >= 0.6 is 0 Å². The highest BCUT2D eigenvalue weighted by atomic mass is 16.3. The highest BCUT2D eigenvalue weighted by molar-refractivity contribution is 5.84. The van der Waals surface area contributed by atoms with Gasteiger partial charge >= 0.3 is 0 Å². The lowest BCUT2D eigenvalue weighted by Gasteiger charge is -2.67. The molecule has 0 spiro atoms. The van der Waals surface area contributed by atoms with Gasteiger partial charge in [-0.25, -0.2) is 0 Å². The van der Waals surface area contributed by atoms with Gasteiger partial charge in [-0.3, -0.25) is 4.79 Å². The smallest absolute Gasteiger partial charge is 0.226 e. The minimum atomic E-state index is -0.161. The number of hydrogen-bond acceptors (Lipinski definition) is 3. The molecule has 216 valence electrons. The van der Waals surface area contributed by atoms with Crippen LogP contribution in [0, 0.1) is 51.8 Å². The second kappa shape index (κ2) is 9.74. The lowest BCUT2D eigenvalue weighted by molar-refractivity contribution is -0.196. The number of carbonyl (C=O) groups excluding carboxylic acids is 1. The van der Waals surface area contributed by atoms with Crippen LogP contribution in [0.2, 0.25) is 0 Å². The van der Waals surface area contributed by atoms with Crippen molar-refractivity contribution in [3.8, 4) is 0 Å². The largest absolute Gasteiger partial charge is 0.393 e. The number of aliphatic hydroxyl groups excluding tert-OH is 1. The Kier molecular flexibility index (Phi) is 7.07. The van der Waals surface area contributed by atoms with E-state index in [1.54, 1.807) is 0 Å². The Labute approximate surface area is 233 Å². The Morgan fingerprint density at radius 1 is 0.842 bits per heavy atom. The first-order valence-corrected chi connectivity index (χ1v) is 16.7. The van der Waals surface area contributed by atoms with E-state index in [1.807, 2.05) is 0 Å². The van der Waals surface area contributed by atoms with Crippen LogP contribution in [-0.4, -0.2) is 47.2 Å². The number of amides is 1. The minimum absolute atomic E-state index is 0.0970. The van der Waals surface area contributed by atoms with Gasteiger partial charge in [0.2, 0.25) is 5.91 Å². The fourth-order valence-electron chi connectivity index (χ4n) is 12.4. The quantitative estimate of drug-likeness (QED) is 0.423. The summed E-state index contributed by atoms with van der Waals surface area (Å²) in [6, 6.07) is 0. The van der Waals surface area contributed by atoms with Crippen molar-refractivity contribution in [1.29, 1.82) is 0 Å². The summed E-state index contributed by atoms with van der Waals surface area (Å²) in [5.74, 6) is 4.42. The van der Waals surface area contributed by atoms with E-state index in [9.17, 15) is 9.90 Å². The Hall–Kier alpha value is -0.610. The zero-order valence-corrected chi connectivity index (χ0v) is 25.4. The van der Waals surface area contributed by atoms with Gasteiger partial charge in [0.05, 0.1) is 11.5 Å². The molecule has 6 aliphatic rings. The molecule has 0 radical (unpaired) electrons. The van der Waals surface area contributed by atoms with Crippen LogP contribution in [0.15, 0.2) is 0 Å². The standard InChI is InChI=1S/C34H58N2O2/c1-23-25-13-17-33(5)26-14-19-34(30(38)35-31(2,3)22-36-20-7-6-8-21-36)16-9-10-27(34)24(26)11-12-29(33)32(25,4)18-15-28(23)37/h23-29,37H,6-22H2,1-5H3,(H,35,38). The number of rotatable bonds is 4. The van der Waals surface area contributed by atoms with Crippen LogP contribution in [0.1, 0.15) is 125 Å². The fourth-order valence-corrected chi connectivity index (χ4v) is 12.4. The molecule has 10 unspecified atom stereocenters. The van der Waals surface area contributed by atoms with Crippen molar-refractivity contribution in [2.24, 2.45) is 51.8 Å². The molecular formula is C34H58N2O2. The summed E-state index contributed by atoms with van der Waals surface area (Å²) in [6.07, 6.45) is 17.4. The molecule has 5 saturated carbocycles. The molecule has 0 aromatic carbocycles. The summed E-state index contributed by atoms with van der Waals surface area (Å²) in [4.78, 5) is 16.8. The van der Waals surface area contributed by atoms with Crippen molar-refractivity contribution in [2.45, 2.75) is 136 Å². The molecule has 6 fully saturated rings. The Balaban J connectivity index is 1.20. The maximum atomic E-state index is 14.2. The number of likely N-dealkylation sites (tertiary alicyclic amines) is 1. The maximum absolute atomic E-state index is 14.2. The number of nitrogens with one attached hydrogen (secondary N) is 1. The van der Waals surface area contributed by atoms with E-state index in [4.69, 9.17) is 0 Å². The number of hydrogen-bond donors (Lipinski definition) is 2. The molecule has 5 aliphatic carbocycles. The molecule has 10 atom stereocenters. The monoisotopic (exact) mass is 526 g/mol. The average molecular weight is 527 g/mol. The summed E-state index contributed by atoms with van der Waals surface area (Å²) in [5, 5.41) is 14.3. The van der Waals surface area contributed by atoms with Crippen LogP contribution < -0.4 is 5.32 Å². The second-order valence-corrected chi connectivity index (χ2v) is 16.4. The Bertz CT molecular complexity index is 897. The van der Waals surface area contributed by atoms with Crippen molar-refractivity contribution >= 4 is 5.91 Å². The van der Waals surface area contributed by atoms with Gasteiger partial charge in [0.1, 0.15) is 0 Å². The molecule has 6 rings (SSSR count). The number of carbonyl (C=O) groups is 1. The third kappa shape index (κ3) is 4.24. The third-order valence-electron chi connectivity index (χ3n) is 14.0. The van der Waals surface area contributed by atoms with Crippen molar-refractivity contribution in [3.05, 3.63) is 0 Å². The van der Waals surface area contributed by atoms with Gasteiger partial charge in [-0.05, 0) is 150 Å². The predicted molar refractivity (Wildman–Crippen MR) is 155 cm³/mol. The average Bonchev–Trinajstić information content (AvgIpc) is 3.32. The van der Waals surface area contributed by atoms with Crippen molar-refractivity contribution in [3.63, 3.8) is 0 Å². The predicted octanol–water partition coefficient (Wildman–Crippen LogP) is 6.80. The molecule has 0 bridgehead atoms. The van der Waals surface area contributed by atoms with Crippen molar-refractivity contribution in [2.75, 3.05) is 19.6 Å². The highest BCUT2D eigenvalue weighted by Gasteiger charge is 2.65. The highest BCUT2D eigenvalue weighted by Crippen LogP contribution is 2.71. The van der Waals surface area contributed by atoms with E-state index in [0.29, 0.717) is 34.5 Å². The van der Waals surface area contributed by atoms with Crippen LogP contribution in [0.25, 0.3) is 0 Å². The third-order valence-corrected chi connectivity index (χ3v) is 14.0. The Morgan fingerprint density at radius 2 is 1.53 bits per heavy atom. The summed E-state index contributed by atoms with van der Waals surface area (Å²) < 4.78 is 0. The first-order valence-electron chi connectivity index (χ1n) is 16.7. The van der Waals surface area contributed by atoms with E-state index >= 15 is 0 Å². The van der Waals surface area contributed by atoms with Crippen LogP contribution in [0.5, 0.6) is 0 Å². The maximum Gasteiger partial charge on any atom is 0.226 e. The van der Waals surface area contributed by atoms with Gasteiger partial charge in [0.15, 0.2) is 0 Å². The Morgan fingerprint density at radius 3 is 2.29 bits per heavy atom. The molecule has 1 heterocycles. The molecule has 38 heavy (non-hydrogen) atoms. The first kappa shape index (κ1) is 27.6. The molecule has 1 aliphatic heterocycles. The van der Waals surface area contributed by atoms with Gasteiger partial charge in [0.25, 0.3) is 0 Å². The number of fused-ring (bicyclic) bond motifs is 7. The van der Waals surface area contributed by atoms with Gasteiger partial charge < -0.3 is 15.3 Å².